The molecule has 2 aliphatic carbocycles. The second-order valence-electron chi connectivity index (χ2n) is 8.69. The molecule has 0 saturated heterocycles. The van der Waals surface area contributed by atoms with Crippen LogP contribution in [0.1, 0.15) is 49.8 Å². The highest BCUT2D eigenvalue weighted by atomic mass is 16.4. The van der Waals surface area contributed by atoms with E-state index < -0.39 is 12.0 Å². The molecule has 0 aromatic heterocycles. The van der Waals surface area contributed by atoms with Crippen molar-refractivity contribution in [3.05, 3.63) is 76.9 Å². The van der Waals surface area contributed by atoms with Gasteiger partial charge in [0.25, 0.3) is 0 Å². The highest BCUT2D eigenvalue weighted by Gasteiger charge is 2.37. The lowest BCUT2D eigenvalue weighted by Crippen LogP contribution is -2.32. The van der Waals surface area contributed by atoms with Crippen LogP contribution in [0.4, 0.5) is 0 Å². The van der Waals surface area contributed by atoms with E-state index >= 15 is 0 Å². The number of carbonyl (C=O) groups excluding carboxylic acids is 1. The molecule has 4 heteroatoms. The van der Waals surface area contributed by atoms with Crippen LogP contribution < -0.4 is 0 Å². The molecule has 148 valence electrons. The summed E-state index contributed by atoms with van der Waals surface area (Å²) in [5, 5.41) is 9.77. The number of aliphatic imine (C=N–C) groups is 1. The smallest absolute Gasteiger partial charge is 0.328 e. The van der Waals surface area contributed by atoms with Crippen molar-refractivity contribution in [3.8, 4) is 0 Å². The lowest BCUT2D eigenvalue weighted by Gasteiger charge is -2.36. The zero-order chi connectivity index (χ0) is 20.6. The molecular formula is C25H25NO3. The standard InChI is InChI=1S/C25H25NO3/c1-25(2)13-12-19-20(15-25)17-10-6-7-11-18(17)22(23(19)27)26-21(24(28)29)14-16-8-4-3-5-9-16/h3-11,21H,12-15H2,1-2H3,(H,28,29)/b26-22-/t21-/m1/s1. The van der Waals surface area contributed by atoms with Crippen molar-refractivity contribution >= 4 is 23.0 Å². The predicted octanol–water partition coefficient (Wildman–Crippen LogP) is 4.72. The lowest BCUT2D eigenvalue weighted by molar-refractivity contribution is -0.138. The Morgan fingerprint density at radius 3 is 2.38 bits per heavy atom. The number of hydrogen-bond acceptors (Lipinski definition) is 3. The van der Waals surface area contributed by atoms with E-state index in [1.165, 1.54) is 0 Å². The average Bonchev–Trinajstić information content (AvgIpc) is 2.70. The third-order valence-electron chi connectivity index (χ3n) is 5.91. The number of Topliss-reactive ketones (excluding diaryl/α,β-unsaturated/α-hetero) is 1. The Kier molecular flexibility index (Phi) is 4.95. The summed E-state index contributed by atoms with van der Waals surface area (Å²) in [5.41, 5.74) is 5.03. The van der Waals surface area contributed by atoms with Gasteiger partial charge >= 0.3 is 5.97 Å². The van der Waals surface area contributed by atoms with E-state index in [0.29, 0.717) is 12.1 Å². The zero-order valence-electron chi connectivity index (χ0n) is 16.8. The minimum absolute atomic E-state index is 0.103. The number of fused-ring (bicyclic) bond motifs is 2. The number of aliphatic carboxylic acids is 1. The van der Waals surface area contributed by atoms with Crippen LogP contribution in [-0.4, -0.2) is 28.6 Å². The molecule has 0 radical (unpaired) electrons. The molecule has 0 fully saturated rings. The molecule has 0 saturated carbocycles. The van der Waals surface area contributed by atoms with E-state index in [1.807, 2.05) is 54.6 Å². The summed E-state index contributed by atoms with van der Waals surface area (Å²) in [6.07, 6.45) is 2.77. The molecule has 0 amide bonds. The summed E-state index contributed by atoms with van der Waals surface area (Å²) in [6.45, 7) is 4.46. The second-order valence-corrected chi connectivity index (χ2v) is 8.69. The van der Waals surface area contributed by atoms with Crippen molar-refractivity contribution in [2.24, 2.45) is 10.4 Å². The van der Waals surface area contributed by atoms with E-state index in [0.717, 1.165) is 40.7 Å². The highest BCUT2D eigenvalue weighted by molar-refractivity contribution is 6.54. The monoisotopic (exact) mass is 387 g/mol. The van der Waals surface area contributed by atoms with Gasteiger partial charge in [0.05, 0.1) is 0 Å². The first-order valence-electron chi connectivity index (χ1n) is 10.1. The van der Waals surface area contributed by atoms with Gasteiger partial charge in [0.15, 0.2) is 6.04 Å². The third kappa shape index (κ3) is 3.80. The molecular weight excluding hydrogens is 362 g/mol. The van der Waals surface area contributed by atoms with Gasteiger partial charge in [-0.05, 0) is 41.4 Å². The van der Waals surface area contributed by atoms with E-state index in [-0.39, 0.29) is 17.6 Å². The van der Waals surface area contributed by atoms with Crippen LogP contribution >= 0.6 is 0 Å². The summed E-state index contributed by atoms with van der Waals surface area (Å²) in [6, 6.07) is 16.2. The van der Waals surface area contributed by atoms with Gasteiger partial charge < -0.3 is 5.11 Å². The molecule has 29 heavy (non-hydrogen) atoms. The number of allylic oxidation sites excluding steroid dienone is 2. The van der Waals surface area contributed by atoms with E-state index in [2.05, 4.69) is 18.8 Å². The van der Waals surface area contributed by atoms with E-state index in [4.69, 9.17) is 0 Å². The molecule has 4 rings (SSSR count). The molecule has 1 N–H and O–H groups in total. The molecule has 2 aliphatic rings. The van der Waals surface area contributed by atoms with Crippen molar-refractivity contribution in [1.82, 2.24) is 0 Å². The summed E-state index contributed by atoms with van der Waals surface area (Å²) in [4.78, 5) is 29.8. The topological polar surface area (TPSA) is 66.7 Å². The minimum Gasteiger partial charge on any atom is -0.480 e. The van der Waals surface area contributed by atoms with Crippen molar-refractivity contribution in [2.45, 2.75) is 45.6 Å². The van der Waals surface area contributed by atoms with Crippen LogP contribution in [0.2, 0.25) is 0 Å². The van der Waals surface area contributed by atoms with Crippen LogP contribution in [0.5, 0.6) is 0 Å². The lowest BCUT2D eigenvalue weighted by atomic mass is 9.68. The maximum Gasteiger partial charge on any atom is 0.328 e. The molecule has 2 aromatic rings. The van der Waals surface area contributed by atoms with Gasteiger partial charge in [-0.1, -0.05) is 68.4 Å². The summed E-state index contributed by atoms with van der Waals surface area (Å²) in [5.74, 6) is -1.12. The minimum atomic E-state index is -1.02. The predicted molar refractivity (Wildman–Crippen MR) is 114 cm³/mol. The van der Waals surface area contributed by atoms with Gasteiger partial charge in [-0.25, -0.2) is 4.79 Å². The van der Waals surface area contributed by atoms with Gasteiger partial charge in [-0.3, -0.25) is 9.79 Å². The summed E-state index contributed by atoms with van der Waals surface area (Å²) < 4.78 is 0. The van der Waals surface area contributed by atoms with Gasteiger partial charge in [-0.2, -0.15) is 0 Å². The van der Waals surface area contributed by atoms with Crippen molar-refractivity contribution in [1.29, 1.82) is 0 Å². The first kappa shape index (κ1) is 19.3. The summed E-state index contributed by atoms with van der Waals surface area (Å²) in [7, 11) is 0. The number of carboxylic acid groups (broad SMARTS) is 1. The Bertz CT molecular complexity index is 1030. The molecule has 0 aliphatic heterocycles. The number of nitrogens with zero attached hydrogens (tertiary/aromatic N) is 1. The number of carboxylic acids is 1. The largest absolute Gasteiger partial charge is 0.480 e. The molecule has 4 nitrogen and oxygen atoms in total. The molecule has 0 heterocycles. The fourth-order valence-electron chi connectivity index (χ4n) is 4.32. The van der Waals surface area contributed by atoms with Gasteiger partial charge in [0.1, 0.15) is 5.71 Å². The van der Waals surface area contributed by atoms with Crippen molar-refractivity contribution in [2.75, 3.05) is 0 Å². The average molecular weight is 387 g/mol. The molecule has 0 spiro atoms. The number of rotatable bonds is 4. The zero-order valence-corrected chi connectivity index (χ0v) is 16.8. The normalized spacial score (nSPS) is 20.2. The van der Waals surface area contributed by atoms with Crippen LogP contribution in [0, 0.1) is 5.41 Å². The Morgan fingerprint density at radius 1 is 1.03 bits per heavy atom. The van der Waals surface area contributed by atoms with E-state index in [9.17, 15) is 14.7 Å². The fraction of sp³-hybridized carbons (Fsp3) is 0.320. The van der Waals surface area contributed by atoms with Gasteiger partial charge in [0.2, 0.25) is 5.78 Å². The summed E-state index contributed by atoms with van der Waals surface area (Å²) >= 11 is 0. The van der Waals surface area contributed by atoms with Crippen LogP contribution in [-0.2, 0) is 16.0 Å². The molecule has 2 aromatic carbocycles. The van der Waals surface area contributed by atoms with Gasteiger partial charge in [0, 0.05) is 17.6 Å². The SMILES string of the molecule is CC1(C)CCC2=C(C1)c1ccccc1/C(=N/[C@H](Cc1ccccc1)C(=O)O)C2=O. The maximum absolute atomic E-state index is 13.4. The number of carbonyl (C=O) groups is 2. The van der Waals surface area contributed by atoms with Gasteiger partial charge in [-0.15, -0.1) is 0 Å². The quantitative estimate of drug-likeness (QED) is 0.826. The highest BCUT2D eigenvalue weighted by Crippen LogP contribution is 2.46. The fourth-order valence-corrected chi connectivity index (χ4v) is 4.32. The van der Waals surface area contributed by atoms with Crippen molar-refractivity contribution < 1.29 is 14.7 Å². The number of ketones is 1. The Labute approximate surface area is 171 Å². The molecule has 0 bridgehead atoms. The second kappa shape index (κ2) is 7.43. The van der Waals surface area contributed by atoms with Crippen LogP contribution in [0.25, 0.3) is 5.57 Å². The molecule has 0 unspecified atom stereocenters. The Morgan fingerprint density at radius 2 is 1.69 bits per heavy atom. The van der Waals surface area contributed by atoms with Crippen molar-refractivity contribution in [3.63, 3.8) is 0 Å². The number of hydrogen-bond donors (Lipinski definition) is 1. The first-order chi connectivity index (χ1) is 13.9. The molecule has 1 atom stereocenters. The third-order valence-corrected chi connectivity index (χ3v) is 5.91. The van der Waals surface area contributed by atoms with Crippen LogP contribution in [0.3, 0.4) is 0 Å². The number of benzene rings is 2. The Hall–Kier alpha value is -3.01. The first-order valence-corrected chi connectivity index (χ1v) is 10.1. The van der Waals surface area contributed by atoms with Crippen LogP contribution in [0.15, 0.2) is 65.2 Å². The maximum atomic E-state index is 13.4. The van der Waals surface area contributed by atoms with E-state index in [1.54, 1.807) is 0 Å². The Balaban J connectivity index is 1.79.